The minimum atomic E-state index is -4.51. The topological polar surface area (TPSA) is 32.3 Å². The zero-order valence-electron chi connectivity index (χ0n) is 6.07. The summed E-state index contributed by atoms with van der Waals surface area (Å²) in [5, 5.41) is 11.7. The first kappa shape index (κ1) is 8.80. The number of hydrogen-bond donors (Lipinski definition) is 2. The second-order valence-electron chi connectivity index (χ2n) is 3.00. The number of nitrogens with one attached hydrogen (secondary N) is 1. The van der Waals surface area contributed by atoms with Gasteiger partial charge in [-0.1, -0.05) is 0 Å². The Hall–Kier alpha value is -0.290. The van der Waals surface area contributed by atoms with Crippen LogP contribution in [0, 0.1) is 5.92 Å². The van der Waals surface area contributed by atoms with Gasteiger partial charge in [-0.15, -0.1) is 0 Å². The highest BCUT2D eigenvalue weighted by Crippen LogP contribution is 2.37. The normalized spacial score (nSPS) is 25.9. The maximum absolute atomic E-state index is 12.0. The molecule has 11 heavy (non-hydrogen) atoms. The standard InChI is InChI=1S/C6H10F3NO/c1-5(11,6(7,8)9)4-2-10-3-4/h4,10-11H,2-3H2,1H3. The van der Waals surface area contributed by atoms with Crippen molar-refractivity contribution in [1.29, 1.82) is 0 Å². The van der Waals surface area contributed by atoms with Crippen LogP contribution in [0.15, 0.2) is 0 Å². The van der Waals surface area contributed by atoms with E-state index in [0.29, 0.717) is 0 Å². The molecule has 1 heterocycles. The summed E-state index contributed by atoms with van der Waals surface area (Å²) in [4.78, 5) is 0. The summed E-state index contributed by atoms with van der Waals surface area (Å²) in [6.07, 6.45) is -4.51. The van der Waals surface area contributed by atoms with E-state index in [4.69, 9.17) is 5.11 Å². The van der Waals surface area contributed by atoms with Crippen LogP contribution in [-0.2, 0) is 0 Å². The van der Waals surface area contributed by atoms with Gasteiger partial charge in [-0.25, -0.2) is 0 Å². The highest BCUT2D eigenvalue weighted by atomic mass is 19.4. The molecule has 0 radical (unpaired) electrons. The molecule has 66 valence electrons. The summed E-state index contributed by atoms with van der Waals surface area (Å²) >= 11 is 0. The van der Waals surface area contributed by atoms with Gasteiger partial charge < -0.3 is 10.4 Å². The fourth-order valence-electron chi connectivity index (χ4n) is 0.918. The van der Waals surface area contributed by atoms with Gasteiger partial charge in [-0.3, -0.25) is 0 Å². The van der Waals surface area contributed by atoms with Crippen LogP contribution in [0.5, 0.6) is 0 Å². The van der Waals surface area contributed by atoms with Gasteiger partial charge in [0, 0.05) is 19.0 Å². The molecule has 0 amide bonds. The molecule has 2 N–H and O–H groups in total. The number of halogens is 3. The van der Waals surface area contributed by atoms with E-state index in [1.54, 1.807) is 0 Å². The van der Waals surface area contributed by atoms with E-state index >= 15 is 0 Å². The summed E-state index contributed by atoms with van der Waals surface area (Å²) in [5.74, 6) is -0.692. The molecule has 0 aliphatic carbocycles. The number of alkyl halides is 3. The van der Waals surface area contributed by atoms with Crippen LogP contribution >= 0.6 is 0 Å². The van der Waals surface area contributed by atoms with Crippen molar-refractivity contribution in [1.82, 2.24) is 5.32 Å². The number of rotatable bonds is 1. The lowest BCUT2D eigenvalue weighted by atomic mass is 9.84. The Morgan fingerprint density at radius 1 is 1.36 bits per heavy atom. The third kappa shape index (κ3) is 1.35. The maximum atomic E-state index is 12.0. The van der Waals surface area contributed by atoms with E-state index < -0.39 is 17.7 Å². The molecule has 1 fully saturated rings. The van der Waals surface area contributed by atoms with E-state index in [-0.39, 0.29) is 13.1 Å². The van der Waals surface area contributed by atoms with Gasteiger partial charge in [0.25, 0.3) is 0 Å². The first-order valence-corrected chi connectivity index (χ1v) is 3.35. The van der Waals surface area contributed by atoms with Crippen LogP contribution in [0.3, 0.4) is 0 Å². The van der Waals surface area contributed by atoms with Crippen molar-refractivity contribution >= 4 is 0 Å². The average Bonchev–Trinajstić information content (AvgIpc) is 1.53. The molecule has 0 saturated carbocycles. The molecule has 1 unspecified atom stereocenters. The lowest BCUT2D eigenvalue weighted by Crippen LogP contribution is -2.60. The van der Waals surface area contributed by atoms with Crippen molar-refractivity contribution in [3.8, 4) is 0 Å². The molecule has 1 atom stereocenters. The first-order chi connectivity index (χ1) is 4.86. The summed E-state index contributed by atoms with van der Waals surface area (Å²) in [6, 6.07) is 0. The van der Waals surface area contributed by atoms with Gasteiger partial charge in [0.05, 0.1) is 0 Å². The lowest BCUT2D eigenvalue weighted by Gasteiger charge is -2.40. The maximum Gasteiger partial charge on any atom is 0.417 e. The Labute approximate surface area is 62.4 Å². The molecule has 5 heteroatoms. The van der Waals surface area contributed by atoms with Gasteiger partial charge >= 0.3 is 6.18 Å². The van der Waals surface area contributed by atoms with Crippen LogP contribution in [-0.4, -0.2) is 30.0 Å². The Balaban J connectivity index is 2.64. The van der Waals surface area contributed by atoms with Crippen LogP contribution in [0.1, 0.15) is 6.92 Å². The molecule has 0 aromatic heterocycles. The van der Waals surface area contributed by atoms with Crippen LogP contribution < -0.4 is 5.32 Å². The molecule has 2 nitrogen and oxygen atoms in total. The Kier molecular flexibility index (Phi) is 1.88. The SMILES string of the molecule is CC(O)(C1CNC1)C(F)(F)F. The highest BCUT2D eigenvalue weighted by Gasteiger charge is 2.56. The van der Waals surface area contributed by atoms with Gasteiger partial charge in [0.1, 0.15) is 0 Å². The monoisotopic (exact) mass is 169 g/mol. The van der Waals surface area contributed by atoms with Gasteiger partial charge in [0.15, 0.2) is 5.60 Å². The van der Waals surface area contributed by atoms with Crippen molar-refractivity contribution < 1.29 is 18.3 Å². The van der Waals surface area contributed by atoms with E-state index in [1.807, 2.05) is 0 Å². The molecule has 1 saturated heterocycles. The van der Waals surface area contributed by atoms with E-state index in [1.165, 1.54) is 0 Å². The molecular weight excluding hydrogens is 159 g/mol. The average molecular weight is 169 g/mol. The van der Waals surface area contributed by atoms with E-state index in [0.717, 1.165) is 6.92 Å². The Bertz CT molecular complexity index is 150. The molecule has 1 aliphatic rings. The quantitative estimate of drug-likeness (QED) is 0.599. The lowest BCUT2D eigenvalue weighted by molar-refractivity contribution is -0.276. The van der Waals surface area contributed by atoms with Crippen LogP contribution in [0.4, 0.5) is 13.2 Å². The summed E-state index contributed by atoms with van der Waals surface area (Å²) in [5.41, 5.74) is -2.53. The van der Waals surface area contributed by atoms with E-state index in [2.05, 4.69) is 5.32 Å². The van der Waals surface area contributed by atoms with Crippen molar-refractivity contribution in [3.63, 3.8) is 0 Å². The Morgan fingerprint density at radius 2 is 1.82 bits per heavy atom. The summed E-state index contributed by atoms with van der Waals surface area (Å²) in [6.45, 7) is 1.30. The third-order valence-electron chi connectivity index (χ3n) is 2.15. The highest BCUT2D eigenvalue weighted by molar-refractivity contribution is 4.95. The second-order valence-corrected chi connectivity index (χ2v) is 3.00. The fourth-order valence-corrected chi connectivity index (χ4v) is 0.918. The van der Waals surface area contributed by atoms with Crippen LogP contribution in [0.2, 0.25) is 0 Å². The largest absolute Gasteiger partial charge is 0.417 e. The smallest absolute Gasteiger partial charge is 0.380 e. The predicted octanol–water partition coefficient (Wildman–Crippen LogP) is 0.519. The number of aliphatic hydroxyl groups is 1. The zero-order valence-corrected chi connectivity index (χ0v) is 6.07. The van der Waals surface area contributed by atoms with E-state index in [9.17, 15) is 13.2 Å². The predicted molar refractivity (Wildman–Crippen MR) is 33.0 cm³/mol. The molecule has 1 aliphatic heterocycles. The Morgan fingerprint density at radius 3 is 1.91 bits per heavy atom. The van der Waals surface area contributed by atoms with Crippen molar-refractivity contribution in [3.05, 3.63) is 0 Å². The molecule has 0 aromatic rings. The zero-order chi connectivity index (χ0) is 8.70. The van der Waals surface area contributed by atoms with Crippen LogP contribution in [0.25, 0.3) is 0 Å². The van der Waals surface area contributed by atoms with Crippen molar-refractivity contribution in [2.45, 2.75) is 18.7 Å². The van der Waals surface area contributed by atoms with Gasteiger partial charge in [0.2, 0.25) is 0 Å². The second kappa shape index (κ2) is 2.35. The molecular formula is C6H10F3NO. The third-order valence-corrected chi connectivity index (χ3v) is 2.15. The summed E-state index contributed by atoms with van der Waals surface area (Å²) < 4.78 is 36.1. The minimum absolute atomic E-state index is 0.243. The fraction of sp³-hybridized carbons (Fsp3) is 1.00. The first-order valence-electron chi connectivity index (χ1n) is 3.35. The minimum Gasteiger partial charge on any atom is -0.380 e. The van der Waals surface area contributed by atoms with Crippen molar-refractivity contribution in [2.24, 2.45) is 5.92 Å². The molecule has 0 aromatic carbocycles. The molecule has 0 spiro atoms. The van der Waals surface area contributed by atoms with Crippen molar-refractivity contribution in [2.75, 3.05) is 13.1 Å². The van der Waals surface area contributed by atoms with Gasteiger partial charge in [-0.05, 0) is 6.92 Å². The molecule has 0 bridgehead atoms. The number of hydrogen-bond acceptors (Lipinski definition) is 2. The van der Waals surface area contributed by atoms with Gasteiger partial charge in [-0.2, -0.15) is 13.2 Å². The molecule has 1 rings (SSSR count). The summed E-state index contributed by atoms with van der Waals surface area (Å²) in [7, 11) is 0.